The summed E-state index contributed by atoms with van der Waals surface area (Å²) in [5, 5.41) is -0.157. The van der Waals surface area contributed by atoms with Gasteiger partial charge >= 0.3 is 0 Å². The SMILES string of the molecule is CCC(CC)COc1cc(OCC(CC)CC)c2cc1[nH]c(=O)c1cc([nH]c(=O)c3cc([nH]c(=O)c4cc(c(OCC(CC)CC)cc4OCC(CC)CC)c(=O)[nH]c4cc(c(OCC(CC)CC)cc4OCC(CC)CC)c(=O)[nH]c4cc(c(OCC(CC)CC)cc4OCC(CC)CC)c(=O)[nH]2)c(OCC(CC)CC)cc3OCC(CC)CC)c(OCC(CC)CC)cc1OCC(CC)CC. The minimum Gasteiger partial charge on any atom is -0.492 e. The third kappa shape index (κ3) is 33.5. The topological polar surface area (TPSA) is 308 Å². The fourth-order valence-electron chi connectivity index (χ4n) is 16.4. The quantitative estimate of drug-likeness (QED) is 0.0206. The highest BCUT2D eigenvalue weighted by atomic mass is 16.5. The van der Waals surface area contributed by atoms with Gasteiger partial charge in [-0.2, -0.15) is 0 Å². The molecule has 0 radical (unpaired) electrons. The molecule has 0 atom stereocenters. The summed E-state index contributed by atoms with van der Waals surface area (Å²) < 4.78 is 82.8. The van der Waals surface area contributed by atoms with Crippen LogP contribution in [0.3, 0.4) is 0 Å². The zero-order valence-electron chi connectivity index (χ0n) is 88.7. The first-order valence-corrected chi connectivity index (χ1v) is 53.2. The Morgan fingerprint density at radius 2 is 0.246 bits per heavy atom. The maximum atomic E-state index is 16.5. The van der Waals surface area contributed by atoms with Crippen LogP contribution in [0.4, 0.5) is 0 Å². The van der Waals surface area contributed by atoms with Crippen LogP contribution in [0.2, 0.25) is 0 Å². The lowest BCUT2D eigenvalue weighted by Gasteiger charge is -2.18. The Morgan fingerprint density at radius 3 is 0.377 bits per heavy atom. The smallest absolute Gasteiger partial charge is 0.259 e. The van der Waals surface area contributed by atoms with Crippen molar-refractivity contribution in [2.24, 2.45) is 71.0 Å². The third-order valence-corrected chi connectivity index (χ3v) is 29.0. The van der Waals surface area contributed by atoms with Gasteiger partial charge in [0.25, 0.3) is 33.4 Å². The van der Waals surface area contributed by atoms with E-state index in [1.165, 1.54) is 6.07 Å². The highest BCUT2D eigenvalue weighted by Crippen LogP contribution is 2.39. The molecule has 1 heterocycles. The molecule has 0 aliphatic carbocycles. The van der Waals surface area contributed by atoms with Crippen molar-refractivity contribution in [1.82, 2.24) is 29.9 Å². The second-order valence-electron chi connectivity index (χ2n) is 37.7. The van der Waals surface area contributed by atoms with Crippen LogP contribution in [-0.2, 0) is 0 Å². The van der Waals surface area contributed by atoms with Crippen molar-refractivity contribution in [3.63, 3.8) is 0 Å². The molecular weight excluding hydrogens is 1740 g/mol. The molecule has 24 nitrogen and oxygen atoms in total. The molecule has 0 saturated carbocycles. The van der Waals surface area contributed by atoms with Crippen molar-refractivity contribution in [3.8, 4) is 69.0 Å². The molecule has 0 amide bonds. The number of fused-ring (bicyclic) bond motifs is 12. The molecule has 0 aliphatic heterocycles. The van der Waals surface area contributed by atoms with Gasteiger partial charge in [0, 0.05) is 36.4 Å². The van der Waals surface area contributed by atoms with Gasteiger partial charge < -0.3 is 86.7 Å². The Balaban J connectivity index is 2.04. The maximum absolute atomic E-state index is 16.5. The zero-order chi connectivity index (χ0) is 101. The fraction of sp³-hybridized carbons (Fsp3) is 0.632. The van der Waals surface area contributed by atoms with Gasteiger partial charge in [-0.15, -0.1) is 0 Å². The Labute approximate surface area is 822 Å². The number of H-pyrrole nitrogens is 6. The van der Waals surface area contributed by atoms with Crippen LogP contribution in [0.5, 0.6) is 69.0 Å². The number of nitrogens with one attached hydrogen (secondary N) is 6. The van der Waals surface area contributed by atoms with Crippen LogP contribution in [0.25, 0.3) is 65.4 Å². The Morgan fingerprint density at radius 1 is 0.145 bits per heavy atom. The normalized spacial score (nSPS) is 11.7. The minimum atomic E-state index is -0.738. The summed E-state index contributed by atoms with van der Waals surface area (Å²) in [6.07, 6.45) is 18.6. The molecule has 0 spiro atoms. The standard InChI is InChI=1S/C114H174N6O18/c1-25-73(26-2)61-127-97-55-98(128-62-74(27-3)28-4)86-49-85(97)109(121)115-91-50-87(99(129-63-75(29-5)30-6)56-103(91)133-67-79(37-13)38-14)111(123)117-93-52-89(101(131-65-77(33-9)34-10)58-105(93)135-69-81(41-17)42-18)113(125)119-95-54-96(108(138-72-84(47-23)48-24)60-107(95)137-71-83(45-21)46-22)120-114(126)90-53-94(106(136-70-82(43-19)44-20)59-102(90)132-66-78(35-11)36-12)118-112(124)88-51-92(116-110(86)122)104(134-68-80(39-15)40-16)57-100(88)130-64-76(31-7)32-8/h49-60,73-84H,25-48,61-72H2,1-24H3,(H,115,121)(H,116,122)(H,117,123)(H,118,124)(H,119,125)(H,120,126). The van der Waals surface area contributed by atoms with E-state index in [-0.39, 0.29) is 285 Å². The van der Waals surface area contributed by atoms with Crippen LogP contribution >= 0.6 is 0 Å². The molecule has 768 valence electrons. The monoisotopic (exact) mass is 1920 g/mol. The van der Waals surface area contributed by atoms with E-state index >= 15 is 28.8 Å². The molecule has 0 aliphatic rings. The van der Waals surface area contributed by atoms with Crippen LogP contribution in [0, 0.1) is 71.0 Å². The highest BCUT2D eigenvalue weighted by Gasteiger charge is 2.25. The average Bonchev–Trinajstić information content (AvgIpc) is 0.864. The summed E-state index contributed by atoms with van der Waals surface area (Å²) in [6, 6.07) is 19.2. The van der Waals surface area contributed by atoms with Crippen molar-refractivity contribution in [1.29, 1.82) is 0 Å². The van der Waals surface area contributed by atoms with Crippen molar-refractivity contribution >= 4 is 65.4 Å². The lowest BCUT2D eigenvalue weighted by molar-refractivity contribution is 0.232. The van der Waals surface area contributed by atoms with E-state index < -0.39 is 33.4 Å². The molecule has 1 aromatic heterocycles. The summed E-state index contributed by atoms with van der Waals surface area (Å²) in [5.74, 6) is 3.04. The first-order chi connectivity index (χ1) is 66.7. The van der Waals surface area contributed by atoms with Gasteiger partial charge in [0.15, 0.2) is 0 Å². The van der Waals surface area contributed by atoms with Gasteiger partial charge in [0.1, 0.15) is 69.0 Å². The van der Waals surface area contributed by atoms with Crippen molar-refractivity contribution < 1.29 is 56.8 Å². The lowest BCUT2D eigenvalue weighted by atomic mass is 10.1. The molecule has 138 heavy (non-hydrogen) atoms. The van der Waals surface area contributed by atoms with Crippen LogP contribution in [0.15, 0.2) is 102 Å². The molecule has 0 saturated heterocycles. The number of rotatable bonds is 60. The van der Waals surface area contributed by atoms with Crippen LogP contribution in [-0.4, -0.2) is 109 Å². The van der Waals surface area contributed by atoms with Crippen molar-refractivity contribution in [3.05, 3.63) is 135 Å². The second kappa shape index (κ2) is 60.7. The number of aromatic nitrogens is 6. The van der Waals surface area contributed by atoms with Gasteiger partial charge in [0.05, 0.1) is 145 Å². The summed E-state index contributed by atoms with van der Waals surface area (Å²) in [4.78, 5) is 118. The summed E-state index contributed by atoms with van der Waals surface area (Å²) in [5.41, 5.74) is -3.59. The van der Waals surface area contributed by atoms with E-state index in [0.29, 0.717) is 0 Å². The maximum Gasteiger partial charge on any atom is 0.259 e. The Hall–Kier alpha value is -10.3. The van der Waals surface area contributed by atoms with Gasteiger partial charge in [-0.05, 0) is 107 Å². The van der Waals surface area contributed by atoms with Gasteiger partial charge in [-0.3, -0.25) is 28.8 Å². The first kappa shape index (κ1) is 115. The van der Waals surface area contributed by atoms with Crippen molar-refractivity contribution in [2.75, 3.05) is 79.3 Å². The molecule has 6 aromatic carbocycles. The van der Waals surface area contributed by atoms with Crippen LogP contribution < -0.4 is 90.2 Å². The van der Waals surface area contributed by atoms with Gasteiger partial charge in [-0.25, -0.2) is 0 Å². The Bertz CT molecular complexity index is 5290. The van der Waals surface area contributed by atoms with E-state index in [0.717, 1.165) is 154 Å². The first-order valence-electron chi connectivity index (χ1n) is 53.2. The largest absolute Gasteiger partial charge is 0.492 e. The fourth-order valence-corrected chi connectivity index (χ4v) is 16.4. The van der Waals surface area contributed by atoms with E-state index in [1.807, 2.05) is 0 Å². The number of hydrogen-bond donors (Lipinski definition) is 6. The molecule has 12 bridgehead atoms. The number of aromatic amines is 6. The van der Waals surface area contributed by atoms with E-state index in [1.54, 1.807) is 66.7 Å². The highest BCUT2D eigenvalue weighted by molar-refractivity contribution is 5.84. The average molecular weight is 1920 g/mol. The molecule has 0 fully saturated rings. The molecular formula is C114H174N6O18. The van der Waals surface area contributed by atoms with Crippen LogP contribution in [0.1, 0.15) is 320 Å². The minimum absolute atomic E-state index is 0.00430. The molecule has 6 N–H and O–H groups in total. The van der Waals surface area contributed by atoms with Gasteiger partial charge in [0.2, 0.25) is 0 Å². The molecule has 7 aromatic rings. The molecule has 7 rings (SSSR count). The summed E-state index contributed by atoms with van der Waals surface area (Å²) >= 11 is 0. The van der Waals surface area contributed by atoms with Gasteiger partial charge in [-0.1, -0.05) is 320 Å². The third-order valence-electron chi connectivity index (χ3n) is 29.0. The zero-order valence-corrected chi connectivity index (χ0v) is 88.7. The van der Waals surface area contributed by atoms with E-state index in [9.17, 15) is 0 Å². The predicted molar refractivity (Wildman–Crippen MR) is 569 cm³/mol. The molecule has 0 unspecified atom stereocenters. The van der Waals surface area contributed by atoms with E-state index in [2.05, 4.69) is 196 Å². The van der Waals surface area contributed by atoms with Crippen molar-refractivity contribution in [2.45, 2.75) is 320 Å². The number of ether oxygens (including phenoxy) is 12. The molecule has 24 heteroatoms. The summed E-state index contributed by atoms with van der Waals surface area (Å²) in [6.45, 7) is 53.0. The lowest BCUT2D eigenvalue weighted by Crippen LogP contribution is -2.16. The Kier molecular flexibility index (Phi) is 50.4. The number of hydrogen-bond acceptors (Lipinski definition) is 18. The van der Waals surface area contributed by atoms with E-state index in [4.69, 9.17) is 56.8 Å². The second-order valence-corrected chi connectivity index (χ2v) is 37.7. The summed E-state index contributed by atoms with van der Waals surface area (Å²) in [7, 11) is 0. The predicted octanol–water partition coefficient (Wildman–Crippen LogP) is 27.6. The number of benzene rings is 6.